The predicted octanol–water partition coefficient (Wildman–Crippen LogP) is 2.17. The second-order valence-electron chi connectivity index (χ2n) is 6.44. The first-order valence-electron chi connectivity index (χ1n) is 8.40. The first kappa shape index (κ1) is 18.2. The van der Waals surface area contributed by atoms with Gasteiger partial charge in [0.2, 0.25) is 10.0 Å². The smallest absolute Gasteiger partial charge is 0.261 e. The van der Waals surface area contributed by atoms with E-state index in [9.17, 15) is 18.0 Å². The molecule has 1 amide bonds. The van der Waals surface area contributed by atoms with Gasteiger partial charge in [0, 0.05) is 17.9 Å². The Hall–Kier alpha value is -2.61. The fraction of sp³-hybridized carbons (Fsp3) is 0.333. The molecule has 2 heterocycles. The van der Waals surface area contributed by atoms with E-state index in [0.717, 1.165) is 6.42 Å². The SMILES string of the molecule is Cc1cc(C)c(C(=O)Nc2ccc(N3CCCCS3(=O)=O)cc2)c(=O)[nH]1. The minimum absolute atomic E-state index is 0.0679. The lowest BCUT2D eigenvalue weighted by molar-refractivity contribution is 0.102. The van der Waals surface area contributed by atoms with E-state index >= 15 is 0 Å². The Morgan fingerprint density at radius 3 is 2.46 bits per heavy atom. The summed E-state index contributed by atoms with van der Waals surface area (Å²) >= 11 is 0. The van der Waals surface area contributed by atoms with Crippen molar-refractivity contribution in [2.24, 2.45) is 0 Å². The number of hydrogen-bond donors (Lipinski definition) is 2. The van der Waals surface area contributed by atoms with Crippen LogP contribution in [-0.2, 0) is 10.0 Å². The van der Waals surface area contributed by atoms with Crippen molar-refractivity contribution < 1.29 is 13.2 Å². The van der Waals surface area contributed by atoms with Crippen LogP contribution < -0.4 is 15.2 Å². The molecule has 0 unspecified atom stereocenters. The number of rotatable bonds is 3. The number of nitrogens with one attached hydrogen (secondary N) is 2. The Bertz CT molecular complexity index is 994. The number of carbonyl (C=O) groups excluding carboxylic acids is 1. The lowest BCUT2D eigenvalue weighted by Gasteiger charge is -2.28. The second-order valence-corrected chi connectivity index (χ2v) is 8.45. The standard InChI is InChI=1S/C18H21N3O4S/c1-12-11-13(2)19-17(22)16(12)18(23)20-14-5-7-15(8-6-14)21-9-3-4-10-26(21,24)25/h5-8,11H,3-4,9-10H2,1-2H3,(H,19,22)(H,20,23). The van der Waals surface area contributed by atoms with Crippen molar-refractivity contribution in [2.75, 3.05) is 21.9 Å². The van der Waals surface area contributed by atoms with Crippen LogP contribution in [0.5, 0.6) is 0 Å². The van der Waals surface area contributed by atoms with Gasteiger partial charge < -0.3 is 10.3 Å². The van der Waals surface area contributed by atoms with Crippen molar-refractivity contribution in [2.45, 2.75) is 26.7 Å². The van der Waals surface area contributed by atoms with Crippen LogP contribution in [0.4, 0.5) is 11.4 Å². The van der Waals surface area contributed by atoms with Crippen molar-refractivity contribution in [1.82, 2.24) is 4.98 Å². The Morgan fingerprint density at radius 2 is 1.85 bits per heavy atom. The number of sulfonamides is 1. The van der Waals surface area contributed by atoms with Crippen LogP contribution in [0.3, 0.4) is 0 Å². The minimum Gasteiger partial charge on any atom is -0.326 e. The fourth-order valence-corrected chi connectivity index (χ4v) is 4.76. The molecule has 0 spiro atoms. The molecule has 1 saturated heterocycles. The molecular weight excluding hydrogens is 354 g/mol. The summed E-state index contributed by atoms with van der Waals surface area (Å²) in [5, 5.41) is 2.68. The quantitative estimate of drug-likeness (QED) is 0.859. The molecular formula is C18H21N3O4S. The Labute approximate surface area is 152 Å². The maximum absolute atomic E-state index is 12.4. The van der Waals surface area contributed by atoms with Gasteiger partial charge in [-0.15, -0.1) is 0 Å². The van der Waals surface area contributed by atoms with E-state index < -0.39 is 21.5 Å². The highest BCUT2D eigenvalue weighted by molar-refractivity contribution is 7.92. The average molecular weight is 375 g/mol. The minimum atomic E-state index is -3.27. The van der Waals surface area contributed by atoms with Gasteiger partial charge in [-0.25, -0.2) is 8.42 Å². The van der Waals surface area contributed by atoms with Gasteiger partial charge in [-0.05, 0) is 62.6 Å². The van der Waals surface area contributed by atoms with Crippen molar-refractivity contribution in [3.05, 3.63) is 57.5 Å². The third kappa shape index (κ3) is 3.65. The van der Waals surface area contributed by atoms with Gasteiger partial charge >= 0.3 is 0 Å². The van der Waals surface area contributed by atoms with Crippen LogP contribution in [0.15, 0.2) is 35.1 Å². The number of aryl methyl sites for hydroxylation is 2. The second kappa shape index (κ2) is 6.95. The first-order chi connectivity index (χ1) is 12.3. The molecule has 1 aromatic heterocycles. The molecule has 1 aliphatic heterocycles. The van der Waals surface area contributed by atoms with Gasteiger partial charge in [0.15, 0.2) is 0 Å². The normalized spacial score (nSPS) is 16.3. The largest absolute Gasteiger partial charge is 0.326 e. The van der Waals surface area contributed by atoms with Crippen LogP contribution in [-0.4, -0.2) is 31.6 Å². The number of pyridine rings is 1. The maximum Gasteiger partial charge on any atom is 0.261 e. The number of amides is 1. The van der Waals surface area contributed by atoms with Gasteiger partial charge in [-0.3, -0.25) is 13.9 Å². The molecule has 1 fully saturated rings. The molecule has 0 aliphatic carbocycles. The van der Waals surface area contributed by atoms with E-state index in [2.05, 4.69) is 10.3 Å². The highest BCUT2D eigenvalue weighted by atomic mass is 32.2. The summed E-state index contributed by atoms with van der Waals surface area (Å²) in [5.41, 5.74) is 1.99. The van der Waals surface area contributed by atoms with E-state index in [4.69, 9.17) is 0 Å². The molecule has 2 aromatic rings. The summed E-state index contributed by atoms with van der Waals surface area (Å²) in [4.78, 5) is 27.1. The molecule has 8 heteroatoms. The zero-order valence-corrected chi connectivity index (χ0v) is 15.5. The van der Waals surface area contributed by atoms with Crippen LogP contribution >= 0.6 is 0 Å². The van der Waals surface area contributed by atoms with Crippen molar-refractivity contribution >= 4 is 27.3 Å². The van der Waals surface area contributed by atoms with Gasteiger partial charge in [0.1, 0.15) is 5.56 Å². The zero-order valence-electron chi connectivity index (χ0n) is 14.7. The molecule has 26 heavy (non-hydrogen) atoms. The van der Waals surface area contributed by atoms with Crippen molar-refractivity contribution in [3.63, 3.8) is 0 Å². The summed E-state index contributed by atoms with van der Waals surface area (Å²) in [7, 11) is -3.27. The summed E-state index contributed by atoms with van der Waals surface area (Å²) < 4.78 is 25.7. The van der Waals surface area contributed by atoms with Gasteiger partial charge in [-0.1, -0.05) is 0 Å². The third-order valence-corrected chi connectivity index (χ3v) is 6.22. The number of anilines is 2. The molecule has 0 bridgehead atoms. The van der Waals surface area contributed by atoms with Gasteiger partial charge in [0.05, 0.1) is 11.4 Å². The molecule has 1 aromatic carbocycles. The number of hydrogen-bond acceptors (Lipinski definition) is 4. The molecule has 0 radical (unpaired) electrons. The van der Waals surface area contributed by atoms with Gasteiger partial charge in [-0.2, -0.15) is 0 Å². The number of benzene rings is 1. The number of nitrogens with zero attached hydrogens (tertiary/aromatic N) is 1. The number of carbonyl (C=O) groups is 1. The third-order valence-electron chi connectivity index (χ3n) is 4.35. The van der Waals surface area contributed by atoms with Gasteiger partial charge in [0.25, 0.3) is 11.5 Å². The van der Waals surface area contributed by atoms with E-state index in [1.54, 1.807) is 44.2 Å². The van der Waals surface area contributed by atoms with Crippen LogP contribution in [0.2, 0.25) is 0 Å². The monoisotopic (exact) mass is 375 g/mol. The molecule has 3 rings (SSSR count). The highest BCUT2D eigenvalue weighted by Crippen LogP contribution is 2.25. The lowest BCUT2D eigenvalue weighted by Crippen LogP contribution is -2.37. The Morgan fingerprint density at radius 1 is 1.15 bits per heavy atom. The Kier molecular flexibility index (Phi) is 4.86. The average Bonchev–Trinajstić information content (AvgIpc) is 2.54. The maximum atomic E-state index is 12.4. The fourth-order valence-electron chi connectivity index (χ4n) is 3.12. The highest BCUT2D eigenvalue weighted by Gasteiger charge is 2.25. The van der Waals surface area contributed by atoms with Crippen LogP contribution in [0.1, 0.15) is 34.5 Å². The molecule has 0 atom stereocenters. The van der Waals surface area contributed by atoms with Crippen molar-refractivity contribution in [3.8, 4) is 0 Å². The van der Waals surface area contributed by atoms with E-state index in [-0.39, 0.29) is 11.3 Å². The molecule has 0 saturated carbocycles. The molecule has 7 nitrogen and oxygen atoms in total. The lowest BCUT2D eigenvalue weighted by atomic mass is 10.1. The predicted molar refractivity (Wildman–Crippen MR) is 101 cm³/mol. The van der Waals surface area contributed by atoms with Crippen molar-refractivity contribution in [1.29, 1.82) is 0 Å². The van der Waals surface area contributed by atoms with Crippen LogP contribution in [0, 0.1) is 13.8 Å². The molecule has 2 N–H and O–H groups in total. The van der Waals surface area contributed by atoms with E-state index in [0.29, 0.717) is 35.6 Å². The summed E-state index contributed by atoms with van der Waals surface area (Å²) in [6.07, 6.45) is 1.50. The van der Waals surface area contributed by atoms with Crippen LogP contribution in [0.25, 0.3) is 0 Å². The number of aromatic nitrogens is 1. The first-order valence-corrected chi connectivity index (χ1v) is 10.0. The summed E-state index contributed by atoms with van der Waals surface area (Å²) in [5.74, 6) is -0.344. The number of aromatic amines is 1. The zero-order chi connectivity index (χ0) is 18.9. The van der Waals surface area contributed by atoms with E-state index in [1.807, 2.05) is 0 Å². The summed E-state index contributed by atoms with van der Waals surface area (Å²) in [6.45, 7) is 3.93. The number of H-pyrrole nitrogens is 1. The summed E-state index contributed by atoms with van der Waals surface area (Å²) in [6, 6.07) is 8.32. The molecule has 1 aliphatic rings. The molecule has 138 valence electrons. The Balaban J connectivity index is 1.80. The van der Waals surface area contributed by atoms with E-state index in [1.165, 1.54) is 4.31 Å². The topological polar surface area (TPSA) is 99.3 Å².